The molecule has 15 heavy (non-hydrogen) atoms. The lowest BCUT2D eigenvalue weighted by Crippen LogP contribution is -2.57. The number of rotatable bonds is 3. The molecule has 0 atom stereocenters. The predicted octanol–water partition coefficient (Wildman–Crippen LogP) is 2.29. The fraction of sp³-hybridized carbons (Fsp3) is 0.846. The second kappa shape index (κ2) is 4.55. The van der Waals surface area contributed by atoms with Gasteiger partial charge in [-0.15, -0.1) is 12.3 Å². The van der Waals surface area contributed by atoms with Crippen LogP contribution in [0.2, 0.25) is 0 Å². The van der Waals surface area contributed by atoms with E-state index in [1.165, 1.54) is 0 Å². The van der Waals surface area contributed by atoms with Crippen LogP contribution >= 0.6 is 0 Å². The van der Waals surface area contributed by atoms with E-state index in [2.05, 4.69) is 38.5 Å². The predicted molar refractivity (Wildman–Crippen MR) is 63.8 cm³/mol. The average molecular weight is 209 g/mol. The highest BCUT2D eigenvalue weighted by atomic mass is 16.5. The Labute approximate surface area is 94.0 Å². The van der Waals surface area contributed by atoms with Crippen LogP contribution in [0, 0.1) is 12.3 Å². The van der Waals surface area contributed by atoms with E-state index in [1.54, 1.807) is 0 Å². The zero-order chi connectivity index (χ0) is 11.5. The van der Waals surface area contributed by atoms with Gasteiger partial charge in [0.05, 0.1) is 11.2 Å². The molecular formula is C13H23NO. The van der Waals surface area contributed by atoms with Crippen molar-refractivity contribution in [1.29, 1.82) is 0 Å². The van der Waals surface area contributed by atoms with Gasteiger partial charge in [0, 0.05) is 19.5 Å². The van der Waals surface area contributed by atoms with E-state index in [9.17, 15) is 0 Å². The van der Waals surface area contributed by atoms with Crippen LogP contribution in [-0.2, 0) is 4.74 Å². The minimum Gasteiger partial charge on any atom is -0.367 e. The van der Waals surface area contributed by atoms with Crippen LogP contribution in [0.1, 0.15) is 40.5 Å². The first-order valence-electron chi connectivity index (χ1n) is 5.71. The molecule has 0 aliphatic carbocycles. The molecule has 1 rings (SSSR count). The molecule has 1 aliphatic rings. The van der Waals surface area contributed by atoms with Gasteiger partial charge in [-0.05, 0) is 40.7 Å². The standard InChI is InChI=1S/C13H23NO/c1-6-7-8-9-14-10-12(2,3)15-13(4,5)11-14/h1H,7-11H2,2-5H3. The topological polar surface area (TPSA) is 12.5 Å². The summed E-state index contributed by atoms with van der Waals surface area (Å²) in [5.41, 5.74) is -0.0875. The Morgan fingerprint density at radius 2 is 1.73 bits per heavy atom. The summed E-state index contributed by atoms with van der Waals surface area (Å²) in [6.45, 7) is 11.7. The lowest BCUT2D eigenvalue weighted by Gasteiger charge is -2.47. The highest BCUT2D eigenvalue weighted by Gasteiger charge is 2.37. The van der Waals surface area contributed by atoms with Crippen molar-refractivity contribution in [3.05, 3.63) is 0 Å². The highest BCUT2D eigenvalue weighted by Crippen LogP contribution is 2.27. The maximum atomic E-state index is 6.02. The molecule has 0 N–H and O–H groups in total. The van der Waals surface area contributed by atoms with Gasteiger partial charge in [0.1, 0.15) is 0 Å². The van der Waals surface area contributed by atoms with Crippen LogP contribution < -0.4 is 0 Å². The zero-order valence-electron chi connectivity index (χ0n) is 10.5. The van der Waals surface area contributed by atoms with Crippen molar-refractivity contribution < 1.29 is 4.74 Å². The Bertz CT molecular complexity index is 234. The lowest BCUT2D eigenvalue weighted by molar-refractivity contribution is -0.180. The molecule has 0 saturated carbocycles. The molecule has 1 fully saturated rings. The molecule has 0 amide bonds. The van der Waals surface area contributed by atoms with Gasteiger partial charge in [-0.3, -0.25) is 4.90 Å². The number of hydrogen-bond donors (Lipinski definition) is 0. The summed E-state index contributed by atoms with van der Waals surface area (Å²) in [5.74, 6) is 2.69. The third-order valence-electron chi connectivity index (χ3n) is 2.56. The Morgan fingerprint density at radius 1 is 1.20 bits per heavy atom. The van der Waals surface area contributed by atoms with Crippen LogP contribution in [-0.4, -0.2) is 35.7 Å². The van der Waals surface area contributed by atoms with Gasteiger partial charge in [-0.25, -0.2) is 0 Å². The van der Waals surface area contributed by atoms with Gasteiger partial charge in [-0.1, -0.05) is 0 Å². The summed E-state index contributed by atoms with van der Waals surface area (Å²) in [5, 5.41) is 0. The molecule has 0 radical (unpaired) electrons. The SMILES string of the molecule is C#CCCCN1CC(C)(C)OC(C)(C)C1. The summed E-state index contributed by atoms with van der Waals surface area (Å²) >= 11 is 0. The molecule has 1 saturated heterocycles. The van der Waals surface area contributed by atoms with E-state index in [-0.39, 0.29) is 11.2 Å². The normalized spacial score (nSPS) is 24.7. The fourth-order valence-electron chi connectivity index (χ4n) is 2.51. The molecular weight excluding hydrogens is 186 g/mol. The molecule has 0 unspecified atom stereocenters. The third-order valence-corrected chi connectivity index (χ3v) is 2.56. The summed E-state index contributed by atoms with van der Waals surface area (Å²) in [7, 11) is 0. The monoisotopic (exact) mass is 209 g/mol. The van der Waals surface area contributed by atoms with Crippen LogP contribution in [0.15, 0.2) is 0 Å². The van der Waals surface area contributed by atoms with Gasteiger partial charge in [0.25, 0.3) is 0 Å². The molecule has 0 aromatic carbocycles. The van der Waals surface area contributed by atoms with Gasteiger partial charge in [-0.2, -0.15) is 0 Å². The number of hydrogen-bond acceptors (Lipinski definition) is 2. The summed E-state index contributed by atoms with van der Waals surface area (Å²) in [6, 6.07) is 0. The van der Waals surface area contributed by atoms with E-state index in [4.69, 9.17) is 11.2 Å². The fourth-order valence-corrected chi connectivity index (χ4v) is 2.51. The average Bonchev–Trinajstić information content (AvgIpc) is 1.98. The van der Waals surface area contributed by atoms with Crippen molar-refractivity contribution >= 4 is 0 Å². The quantitative estimate of drug-likeness (QED) is 0.522. The molecule has 0 aromatic heterocycles. The maximum Gasteiger partial charge on any atom is 0.0760 e. The molecule has 2 heteroatoms. The molecule has 1 aliphatic heterocycles. The van der Waals surface area contributed by atoms with Crippen molar-refractivity contribution in [2.75, 3.05) is 19.6 Å². The molecule has 1 heterocycles. The first-order valence-corrected chi connectivity index (χ1v) is 5.71. The molecule has 86 valence electrons. The van der Waals surface area contributed by atoms with Crippen LogP contribution in [0.5, 0.6) is 0 Å². The second-order valence-corrected chi connectivity index (χ2v) is 5.64. The largest absolute Gasteiger partial charge is 0.367 e. The van der Waals surface area contributed by atoms with E-state index in [1.807, 2.05) is 0 Å². The number of morpholine rings is 1. The van der Waals surface area contributed by atoms with Crippen molar-refractivity contribution in [2.24, 2.45) is 0 Å². The van der Waals surface area contributed by atoms with E-state index in [0.29, 0.717) is 0 Å². The number of unbranched alkanes of at least 4 members (excludes halogenated alkanes) is 1. The Morgan fingerprint density at radius 3 is 2.20 bits per heavy atom. The van der Waals surface area contributed by atoms with Crippen LogP contribution in [0.3, 0.4) is 0 Å². The first-order chi connectivity index (χ1) is 6.85. The molecule has 2 nitrogen and oxygen atoms in total. The first kappa shape index (κ1) is 12.5. The third kappa shape index (κ3) is 4.24. The van der Waals surface area contributed by atoms with E-state index in [0.717, 1.165) is 32.5 Å². The number of nitrogens with zero attached hydrogens (tertiary/aromatic N) is 1. The van der Waals surface area contributed by atoms with Crippen molar-refractivity contribution in [1.82, 2.24) is 4.90 Å². The Balaban J connectivity index is 2.49. The molecule has 0 spiro atoms. The van der Waals surface area contributed by atoms with Gasteiger partial charge >= 0.3 is 0 Å². The summed E-state index contributed by atoms with van der Waals surface area (Å²) < 4.78 is 6.02. The molecule has 0 bridgehead atoms. The minimum absolute atomic E-state index is 0.0438. The molecule has 0 aromatic rings. The minimum atomic E-state index is -0.0438. The summed E-state index contributed by atoms with van der Waals surface area (Å²) in [4.78, 5) is 2.46. The van der Waals surface area contributed by atoms with Crippen LogP contribution in [0.25, 0.3) is 0 Å². The van der Waals surface area contributed by atoms with Gasteiger partial charge in [0.2, 0.25) is 0 Å². The number of ether oxygens (including phenoxy) is 1. The lowest BCUT2D eigenvalue weighted by atomic mass is 9.99. The smallest absolute Gasteiger partial charge is 0.0760 e. The van der Waals surface area contributed by atoms with E-state index >= 15 is 0 Å². The maximum absolute atomic E-state index is 6.02. The Hall–Kier alpha value is -0.520. The Kier molecular flexibility index (Phi) is 3.81. The van der Waals surface area contributed by atoms with Crippen molar-refractivity contribution in [3.8, 4) is 12.3 Å². The van der Waals surface area contributed by atoms with Crippen molar-refractivity contribution in [2.45, 2.75) is 51.7 Å². The van der Waals surface area contributed by atoms with Gasteiger partial charge in [0.15, 0.2) is 0 Å². The van der Waals surface area contributed by atoms with E-state index < -0.39 is 0 Å². The zero-order valence-corrected chi connectivity index (χ0v) is 10.5. The number of terminal acetylenes is 1. The van der Waals surface area contributed by atoms with Crippen molar-refractivity contribution in [3.63, 3.8) is 0 Å². The summed E-state index contributed by atoms with van der Waals surface area (Å²) in [6.07, 6.45) is 7.22. The second-order valence-electron chi connectivity index (χ2n) is 5.64. The van der Waals surface area contributed by atoms with Crippen LogP contribution in [0.4, 0.5) is 0 Å². The van der Waals surface area contributed by atoms with Gasteiger partial charge < -0.3 is 4.74 Å². The highest BCUT2D eigenvalue weighted by molar-refractivity contribution is 4.90.